The van der Waals surface area contributed by atoms with Crippen molar-refractivity contribution in [3.8, 4) is 0 Å². The highest BCUT2D eigenvalue weighted by molar-refractivity contribution is 5.97. The molecule has 0 bridgehead atoms. The summed E-state index contributed by atoms with van der Waals surface area (Å²) in [4.78, 5) is 8.23. The van der Waals surface area contributed by atoms with Gasteiger partial charge in [0.05, 0.1) is 5.52 Å². The van der Waals surface area contributed by atoms with Crippen molar-refractivity contribution in [3.05, 3.63) is 59.7 Å². The van der Waals surface area contributed by atoms with E-state index in [4.69, 9.17) is 11.5 Å². The van der Waals surface area contributed by atoms with Gasteiger partial charge in [-0.3, -0.25) is 0 Å². The number of anilines is 2. The first-order chi connectivity index (χ1) is 9.74. The molecule has 1 aromatic heterocycles. The fraction of sp³-hybridized carbons (Fsp3) is 0. The van der Waals surface area contributed by atoms with E-state index in [2.05, 4.69) is 9.97 Å². The third kappa shape index (κ3) is 2.31. The van der Waals surface area contributed by atoms with Crippen LogP contribution in [0.25, 0.3) is 23.1 Å². The van der Waals surface area contributed by atoms with Crippen molar-refractivity contribution >= 4 is 34.8 Å². The first kappa shape index (κ1) is 12.2. The largest absolute Gasteiger partial charge is 0.383 e. The Morgan fingerprint density at radius 3 is 2.40 bits per heavy atom. The number of nitrogen functional groups attached to an aromatic ring is 2. The van der Waals surface area contributed by atoms with E-state index in [0.29, 0.717) is 5.82 Å². The molecular weight excluding hydrogens is 248 g/mol. The molecule has 0 aliphatic carbocycles. The summed E-state index contributed by atoms with van der Waals surface area (Å²) < 4.78 is 0. The maximum absolute atomic E-state index is 5.96. The Balaban J connectivity index is 2.11. The van der Waals surface area contributed by atoms with Crippen LogP contribution >= 0.6 is 0 Å². The molecule has 0 aliphatic heterocycles. The Kier molecular flexibility index (Phi) is 3.05. The van der Waals surface area contributed by atoms with E-state index in [-0.39, 0.29) is 5.95 Å². The van der Waals surface area contributed by atoms with Crippen LogP contribution in [0.4, 0.5) is 11.8 Å². The van der Waals surface area contributed by atoms with E-state index >= 15 is 0 Å². The lowest BCUT2D eigenvalue weighted by atomic mass is 10.1. The lowest BCUT2D eigenvalue weighted by Crippen LogP contribution is -2.01. The molecule has 20 heavy (non-hydrogen) atoms. The van der Waals surface area contributed by atoms with Gasteiger partial charge >= 0.3 is 0 Å². The number of hydrogen-bond donors (Lipinski definition) is 2. The Morgan fingerprint density at radius 1 is 0.800 bits per heavy atom. The summed E-state index contributed by atoms with van der Waals surface area (Å²) in [6, 6.07) is 15.9. The predicted molar refractivity (Wildman–Crippen MR) is 83.7 cm³/mol. The number of hydrogen-bond acceptors (Lipinski definition) is 4. The van der Waals surface area contributed by atoms with Crippen LogP contribution in [0.3, 0.4) is 0 Å². The third-order valence-electron chi connectivity index (χ3n) is 3.06. The van der Waals surface area contributed by atoms with Gasteiger partial charge in [0.15, 0.2) is 0 Å². The highest BCUT2D eigenvalue weighted by atomic mass is 15.0. The van der Waals surface area contributed by atoms with E-state index in [1.807, 2.05) is 60.7 Å². The second-order valence-electron chi connectivity index (χ2n) is 4.45. The van der Waals surface area contributed by atoms with Crippen molar-refractivity contribution in [1.29, 1.82) is 0 Å². The molecule has 0 unspecified atom stereocenters. The quantitative estimate of drug-likeness (QED) is 0.696. The van der Waals surface area contributed by atoms with Crippen molar-refractivity contribution in [3.63, 3.8) is 0 Å². The maximum Gasteiger partial charge on any atom is 0.222 e. The summed E-state index contributed by atoms with van der Waals surface area (Å²) in [6.45, 7) is 0. The highest BCUT2D eigenvalue weighted by Gasteiger charge is 2.06. The summed E-state index contributed by atoms with van der Waals surface area (Å²) in [7, 11) is 0. The minimum Gasteiger partial charge on any atom is -0.383 e. The molecule has 1 heterocycles. The van der Waals surface area contributed by atoms with Gasteiger partial charge in [0.25, 0.3) is 0 Å². The monoisotopic (exact) mass is 262 g/mol. The van der Waals surface area contributed by atoms with E-state index in [9.17, 15) is 0 Å². The number of nitrogens with two attached hydrogens (primary N) is 2. The Morgan fingerprint density at radius 2 is 1.60 bits per heavy atom. The molecule has 0 radical (unpaired) electrons. The molecule has 4 nitrogen and oxygen atoms in total. The SMILES string of the molecule is Nc1nc(N)c2c(/C=C\c3ccccc3)cccc2n1. The molecule has 0 fully saturated rings. The van der Waals surface area contributed by atoms with Gasteiger partial charge in [0, 0.05) is 5.39 Å². The van der Waals surface area contributed by atoms with E-state index < -0.39 is 0 Å². The van der Waals surface area contributed by atoms with Gasteiger partial charge in [0.2, 0.25) is 5.95 Å². The van der Waals surface area contributed by atoms with Crippen LogP contribution in [0.1, 0.15) is 11.1 Å². The van der Waals surface area contributed by atoms with Gasteiger partial charge < -0.3 is 11.5 Å². The molecule has 0 spiro atoms. The molecule has 98 valence electrons. The fourth-order valence-corrected chi connectivity index (χ4v) is 2.15. The maximum atomic E-state index is 5.96. The van der Waals surface area contributed by atoms with Crippen molar-refractivity contribution in [2.45, 2.75) is 0 Å². The molecule has 4 heteroatoms. The van der Waals surface area contributed by atoms with Crippen LogP contribution in [0.15, 0.2) is 48.5 Å². The van der Waals surface area contributed by atoms with Crippen LogP contribution < -0.4 is 11.5 Å². The second kappa shape index (κ2) is 5.01. The van der Waals surface area contributed by atoms with Gasteiger partial charge in [-0.15, -0.1) is 0 Å². The first-order valence-electron chi connectivity index (χ1n) is 6.29. The Bertz CT molecular complexity index is 779. The van der Waals surface area contributed by atoms with Gasteiger partial charge in [0.1, 0.15) is 5.82 Å². The van der Waals surface area contributed by atoms with Crippen LogP contribution in [-0.2, 0) is 0 Å². The zero-order valence-electron chi connectivity index (χ0n) is 10.8. The standard InChI is InChI=1S/C16H14N4/c17-15-14-12(10-9-11-5-2-1-3-6-11)7-4-8-13(14)19-16(18)20-15/h1-10H,(H4,17,18,19,20)/b10-9-. The van der Waals surface area contributed by atoms with Crippen molar-refractivity contribution in [1.82, 2.24) is 9.97 Å². The van der Waals surface area contributed by atoms with E-state index in [0.717, 1.165) is 22.0 Å². The zero-order valence-corrected chi connectivity index (χ0v) is 10.8. The number of aromatic nitrogens is 2. The number of nitrogens with zero attached hydrogens (tertiary/aromatic N) is 2. The van der Waals surface area contributed by atoms with E-state index in [1.165, 1.54) is 0 Å². The Labute approximate surface area is 116 Å². The lowest BCUT2D eigenvalue weighted by Gasteiger charge is -2.05. The molecule has 3 aromatic rings. The normalized spacial score (nSPS) is 11.2. The van der Waals surface area contributed by atoms with E-state index in [1.54, 1.807) is 0 Å². The van der Waals surface area contributed by atoms with Crippen LogP contribution in [0, 0.1) is 0 Å². The average molecular weight is 262 g/mol. The molecule has 2 aromatic carbocycles. The minimum absolute atomic E-state index is 0.194. The number of rotatable bonds is 2. The smallest absolute Gasteiger partial charge is 0.222 e. The van der Waals surface area contributed by atoms with Gasteiger partial charge in [-0.2, -0.15) is 4.98 Å². The molecular formula is C16H14N4. The lowest BCUT2D eigenvalue weighted by molar-refractivity contribution is 1.24. The molecule has 3 rings (SSSR count). The summed E-state index contributed by atoms with van der Waals surface area (Å²) in [5.41, 5.74) is 14.4. The van der Waals surface area contributed by atoms with Gasteiger partial charge in [-0.1, -0.05) is 54.6 Å². The summed E-state index contributed by atoms with van der Waals surface area (Å²) in [5, 5.41) is 0.828. The fourth-order valence-electron chi connectivity index (χ4n) is 2.15. The van der Waals surface area contributed by atoms with Crippen molar-refractivity contribution in [2.75, 3.05) is 11.5 Å². The van der Waals surface area contributed by atoms with Crippen LogP contribution in [-0.4, -0.2) is 9.97 Å². The second-order valence-corrected chi connectivity index (χ2v) is 4.45. The molecule has 0 aliphatic rings. The number of benzene rings is 2. The van der Waals surface area contributed by atoms with Gasteiger partial charge in [-0.05, 0) is 17.2 Å². The molecule has 0 amide bonds. The molecule has 0 saturated carbocycles. The average Bonchev–Trinajstić information content (AvgIpc) is 2.45. The van der Waals surface area contributed by atoms with Crippen LogP contribution in [0.2, 0.25) is 0 Å². The molecule has 4 N–H and O–H groups in total. The van der Waals surface area contributed by atoms with Crippen molar-refractivity contribution < 1.29 is 0 Å². The molecule has 0 saturated heterocycles. The summed E-state index contributed by atoms with van der Waals surface area (Å²) in [5.74, 6) is 0.597. The summed E-state index contributed by atoms with van der Waals surface area (Å²) >= 11 is 0. The van der Waals surface area contributed by atoms with Crippen molar-refractivity contribution in [2.24, 2.45) is 0 Å². The molecule has 0 atom stereocenters. The number of fused-ring (bicyclic) bond motifs is 1. The topological polar surface area (TPSA) is 77.8 Å². The summed E-state index contributed by atoms with van der Waals surface area (Å²) in [6.07, 6.45) is 4.04. The zero-order chi connectivity index (χ0) is 13.9. The predicted octanol–water partition coefficient (Wildman–Crippen LogP) is 2.96. The third-order valence-corrected chi connectivity index (χ3v) is 3.06. The first-order valence-corrected chi connectivity index (χ1v) is 6.29. The Hall–Kier alpha value is -2.88. The minimum atomic E-state index is 0.194. The van der Waals surface area contributed by atoms with Gasteiger partial charge in [-0.25, -0.2) is 4.98 Å². The highest BCUT2D eigenvalue weighted by Crippen LogP contribution is 2.24. The van der Waals surface area contributed by atoms with Crippen LogP contribution in [0.5, 0.6) is 0 Å².